The number of carbonyl (C=O) groups excluding carboxylic acids is 1. The second-order valence-electron chi connectivity index (χ2n) is 4.76. The van der Waals surface area contributed by atoms with Crippen molar-refractivity contribution in [3.63, 3.8) is 0 Å². The van der Waals surface area contributed by atoms with Crippen LogP contribution >= 0.6 is 0 Å². The number of nitrogens with two attached hydrogens (primary N) is 1. The zero-order chi connectivity index (χ0) is 14.4. The first-order chi connectivity index (χ1) is 9.70. The van der Waals surface area contributed by atoms with Crippen LogP contribution in [0.1, 0.15) is 0 Å². The molecular weight excluding hydrogens is 254 g/mol. The molecule has 1 aliphatic heterocycles. The number of nitrogen functional groups attached to an aromatic ring is 1. The Balaban J connectivity index is 1.82. The largest absolute Gasteiger partial charge is 0.397 e. The molecule has 2 rings (SSSR count). The number of para-hydroxylation sites is 2. The number of benzene rings is 1. The third kappa shape index (κ3) is 3.62. The van der Waals surface area contributed by atoms with Crippen molar-refractivity contribution in [1.29, 1.82) is 5.26 Å². The molecule has 1 saturated heterocycles. The van der Waals surface area contributed by atoms with Gasteiger partial charge in [-0.1, -0.05) is 12.1 Å². The molecule has 20 heavy (non-hydrogen) atoms. The lowest BCUT2D eigenvalue weighted by atomic mass is 10.2. The van der Waals surface area contributed by atoms with Crippen molar-refractivity contribution in [3.05, 3.63) is 24.3 Å². The van der Waals surface area contributed by atoms with Crippen LogP contribution in [0.3, 0.4) is 0 Å². The van der Waals surface area contributed by atoms with E-state index in [4.69, 9.17) is 11.0 Å². The van der Waals surface area contributed by atoms with E-state index in [9.17, 15) is 4.79 Å². The van der Waals surface area contributed by atoms with Crippen LogP contribution in [-0.2, 0) is 4.79 Å². The second kappa shape index (κ2) is 6.78. The monoisotopic (exact) mass is 273 g/mol. The van der Waals surface area contributed by atoms with E-state index in [1.807, 2.05) is 30.3 Å². The standard InChI is InChI=1S/C14H19N5O/c15-5-6-17-14(20)11-18-7-9-19(10-8-18)13-4-2-1-3-12(13)16/h1-4H,6-11,16H2,(H,17,20). The molecule has 6 heteroatoms. The topological polar surface area (TPSA) is 85.4 Å². The van der Waals surface area contributed by atoms with Gasteiger partial charge >= 0.3 is 0 Å². The van der Waals surface area contributed by atoms with Gasteiger partial charge in [0.2, 0.25) is 5.91 Å². The fourth-order valence-electron chi connectivity index (χ4n) is 2.32. The quantitative estimate of drug-likeness (QED) is 0.597. The van der Waals surface area contributed by atoms with Crippen LogP contribution in [0.2, 0.25) is 0 Å². The zero-order valence-corrected chi connectivity index (χ0v) is 11.4. The molecule has 3 N–H and O–H groups in total. The highest BCUT2D eigenvalue weighted by Gasteiger charge is 2.19. The SMILES string of the molecule is N#CCNC(=O)CN1CCN(c2ccccc2N)CC1. The van der Waals surface area contributed by atoms with Gasteiger partial charge in [0, 0.05) is 26.2 Å². The van der Waals surface area contributed by atoms with Crippen molar-refractivity contribution in [2.45, 2.75) is 0 Å². The summed E-state index contributed by atoms with van der Waals surface area (Å²) in [6.45, 7) is 3.74. The average molecular weight is 273 g/mol. The van der Waals surface area contributed by atoms with E-state index in [0.717, 1.165) is 37.6 Å². The van der Waals surface area contributed by atoms with Crippen LogP contribution in [0.4, 0.5) is 11.4 Å². The Kier molecular flexibility index (Phi) is 4.80. The predicted molar refractivity (Wildman–Crippen MR) is 78.1 cm³/mol. The van der Waals surface area contributed by atoms with Gasteiger partial charge in [-0.3, -0.25) is 9.69 Å². The van der Waals surface area contributed by atoms with Crippen LogP contribution in [0.15, 0.2) is 24.3 Å². The number of nitriles is 1. The van der Waals surface area contributed by atoms with Gasteiger partial charge in [-0.15, -0.1) is 0 Å². The minimum atomic E-state index is -0.0979. The average Bonchev–Trinajstić information content (AvgIpc) is 2.47. The number of hydrogen-bond acceptors (Lipinski definition) is 5. The maximum absolute atomic E-state index is 11.5. The first-order valence-electron chi connectivity index (χ1n) is 6.66. The Morgan fingerprint density at radius 3 is 2.65 bits per heavy atom. The minimum Gasteiger partial charge on any atom is -0.397 e. The van der Waals surface area contributed by atoms with Gasteiger partial charge in [0.25, 0.3) is 0 Å². The molecule has 1 amide bonds. The highest BCUT2D eigenvalue weighted by atomic mass is 16.2. The summed E-state index contributed by atoms with van der Waals surface area (Å²) in [6, 6.07) is 9.72. The molecule has 1 fully saturated rings. The summed E-state index contributed by atoms with van der Waals surface area (Å²) in [5.74, 6) is -0.0979. The predicted octanol–water partition coefficient (Wildman–Crippen LogP) is 0.0306. The number of amides is 1. The molecule has 1 aliphatic rings. The van der Waals surface area contributed by atoms with E-state index >= 15 is 0 Å². The van der Waals surface area contributed by atoms with E-state index in [1.165, 1.54) is 0 Å². The fraction of sp³-hybridized carbons (Fsp3) is 0.429. The molecule has 1 aromatic carbocycles. The van der Waals surface area contributed by atoms with Gasteiger partial charge < -0.3 is 16.0 Å². The van der Waals surface area contributed by atoms with Crippen LogP contribution in [0.25, 0.3) is 0 Å². The molecule has 0 aliphatic carbocycles. The van der Waals surface area contributed by atoms with E-state index in [2.05, 4.69) is 15.1 Å². The van der Waals surface area contributed by atoms with Gasteiger partial charge in [0.05, 0.1) is 24.0 Å². The lowest BCUT2D eigenvalue weighted by molar-refractivity contribution is -0.122. The molecular formula is C14H19N5O. The first kappa shape index (κ1) is 14.2. The summed E-state index contributed by atoms with van der Waals surface area (Å²) in [7, 11) is 0. The molecule has 1 aromatic rings. The molecule has 0 radical (unpaired) electrons. The van der Waals surface area contributed by atoms with E-state index in [0.29, 0.717) is 6.54 Å². The number of piperazine rings is 1. The Bertz CT molecular complexity index is 503. The van der Waals surface area contributed by atoms with Gasteiger partial charge in [-0.05, 0) is 12.1 Å². The van der Waals surface area contributed by atoms with Crippen molar-refractivity contribution in [2.24, 2.45) is 0 Å². The molecule has 6 nitrogen and oxygen atoms in total. The molecule has 106 valence electrons. The van der Waals surface area contributed by atoms with Gasteiger partial charge in [0.1, 0.15) is 6.54 Å². The number of nitrogens with zero attached hydrogens (tertiary/aromatic N) is 3. The van der Waals surface area contributed by atoms with Crippen LogP contribution in [0, 0.1) is 11.3 Å². The third-order valence-electron chi connectivity index (χ3n) is 3.38. The van der Waals surface area contributed by atoms with E-state index < -0.39 is 0 Å². The summed E-state index contributed by atoms with van der Waals surface area (Å²) < 4.78 is 0. The van der Waals surface area contributed by atoms with Crippen molar-refractivity contribution in [3.8, 4) is 6.07 Å². The smallest absolute Gasteiger partial charge is 0.235 e. The summed E-state index contributed by atoms with van der Waals surface area (Å²) in [5.41, 5.74) is 7.81. The van der Waals surface area contributed by atoms with Gasteiger partial charge in [-0.2, -0.15) is 5.26 Å². The molecule has 1 heterocycles. The Morgan fingerprint density at radius 2 is 2.00 bits per heavy atom. The van der Waals surface area contributed by atoms with Crippen molar-refractivity contribution >= 4 is 17.3 Å². The number of nitrogens with one attached hydrogen (secondary N) is 1. The minimum absolute atomic E-state index is 0.0688. The maximum atomic E-state index is 11.5. The van der Waals surface area contributed by atoms with Crippen molar-refractivity contribution in [1.82, 2.24) is 10.2 Å². The van der Waals surface area contributed by atoms with Crippen molar-refractivity contribution < 1.29 is 4.79 Å². The lowest BCUT2D eigenvalue weighted by Crippen LogP contribution is -2.49. The molecule has 0 atom stereocenters. The van der Waals surface area contributed by atoms with Gasteiger partial charge in [-0.25, -0.2) is 0 Å². The molecule has 0 saturated carbocycles. The Hall–Kier alpha value is -2.26. The number of anilines is 2. The van der Waals surface area contributed by atoms with Crippen LogP contribution in [0.5, 0.6) is 0 Å². The molecule has 0 aromatic heterocycles. The summed E-state index contributed by atoms with van der Waals surface area (Å²) in [6.07, 6.45) is 0. The maximum Gasteiger partial charge on any atom is 0.235 e. The van der Waals surface area contributed by atoms with E-state index in [-0.39, 0.29) is 12.5 Å². The van der Waals surface area contributed by atoms with Crippen molar-refractivity contribution in [2.75, 3.05) is 49.9 Å². The normalized spacial score (nSPS) is 15.7. The number of carbonyl (C=O) groups is 1. The molecule has 0 unspecified atom stereocenters. The highest BCUT2D eigenvalue weighted by molar-refractivity contribution is 5.78. The van der Waals surface area contributed by atoms with E-state index in [1.54, 1.807) is 0 Å². The second-order valence-corrected chi connectivity index (χ2v) is 4.76. The molecule has 0 spiro atoms. The summed E-state index contributed by atoms with van der Waals surface area (Å²) >= 11 is 0. The summed E-state index contributed by atoms with van der Waals surface area (Å²) in [4.78, 5) is 15.9. The highest BCUT2D eigenvalue weighted by Crippen LogP contribution is 2.23. The lowest BCUT2D eigenvalue weighted by Gasteiger charge is -2.36. The molecule has 0 bridgehead atoms. The zero-order valence-electron chi connectivity index (χ0n) is 11.4. The third-order valence-corrected chi connectivity index (χ3v) is 3.38. The number of hydrogen-bond donors (Lipinski definition) is 2. The first-order valence-corrected chi connectivity index (χ1v) is 6.66. The Labute approximate surface area is 118 Å². The van der Waals surface area contributed by atoms with Gasteiger partial charge in [0.15, 0.2) is 0 Å². The Morgan fingerprint density at radius 1 is 1.30 bits per heavy atom. The van der Waals surface area contributed by atoms with Crippen LogP contribution < -0.4 is 16.0 Å². The fourth-order valence-corrected chi connectivity index (χ4v) is 2.32. The summed E-state index contributed by atoms with van der Waals surface area (Å²) in [5, 5.41) is 11.0. The number of rotatable bonds is 4. The van der Waals surface area contributed by atoms with Crippen LogP contribution in [-0.4, -0.2) is 50.1 Å².